The van der Waals surface area contributed by atoms with Crippen LogP contribution in [0.15, 0.2) is 47.4 Å². The van der Waals surface area contributed by atoms with Gasteiger partial charge in [-0.25, -0.2) is 8.42 Å². The topological polar surface area (TPSA) is 65.1 Å². The first-order chi connectivity index (χ1) is 11.9. The van der Waals surface area contributed by atoms with Gasteiger partial charge in [0.15, 0.2) is 11.5 Å². The molecule has 0 aliphatic rings. The number of aryl methyl sites for hydroxylation is 1. The van der Waals surface area contributed by atoms with Gasteiger partial charge in [0.25, 0.3) is 0 Å². The SMILES string of the molecule is COc1ccc(S(=O)(=O)N(C)CCOc2ccc(C)cc2)cc1OC. The molecule has 0 atom stereocenters. The lowest BCUT2D eigenvalue weighted by Crippen LogP contribution is -2.31. The van der Waals surface area contributed by atoms with Gasteiger partial charge in [0, 0.05) is 19.7 Å². The van der Waals surface area contributed by atoms with Crippen molar-refractivity contribution in [3.63, 3.8) is 0 Å². The Morgan fingerprint density at radius 3 is 2.20 bits per heavy atom. The molecule has 6 nitrogen and oxygen atoms in total. The van der Waals surface area contributed by atoms with E-state index in [4.69, 9.17) is 14.2 Å². The van der Waals surface area contributed by atoms with Gasteiger partial charge in [0.2, 0.25) is 10.0 Å². The number of nitrogens with zero attached hydrogens (tertiary/aromatic N) is 1. The lowest BCUT2D eigenvalue weighted by molar-refractivity contribution is 0.287. The van der Waals surface area contributed by atoms with E-state index >= 15 is 0 Å². The number of hydrogen-bond donors (Lipinski definition) is 0. The Morgan fingerprint density at radius 2 is 1.60 bits per heavy atom. The maximum Gasteiger partial charge on any atom is 0.243 e. The van der Waals surface area contributed by atoms with Crippen LogP contribution in [-0.2, 0) is 10.0 Å². The molecule has 0 bridgehead atoms. The van der Waals surface area contributed by atoms with Crippen molar-refractivity contribution in [1.29, 1.82) is 0 Å². The fourth-order valence-electron chi connectivity index (χ4n) is 2.20. The fraction of sp³-hybridized carbons (Fsp3) is 0.333. The summed E-state index contributed by atoms with van der Waals surface area (Å²) in [5.41, 5.74) is 1.14. The maximum atomic E-state index is 12.7. The molecule has 0 aliphatic heterocycles. The van der Waals surface area contributed by atoms with E-state index in [1.165, 1.54) is 37.7 Å². The van der Waals surface area contributed by atoms with Crippen LogP contribution in [0, 0.1) is 6.92 Å². The Kier molecular flexibility index (Phi) is 6.27. The van der Waals surface area contributed by atoms with E-state index in [-0.39, 0.29) is 18.0 Å². The van der Waals surface area contributed by atoms with Gasteiger partial charge < -0.3 is 14.2 Å². The van der Waals surface area contributed by atoms with Crippen molar-refractivity contribution in [2.45, 2.75) is 11.8 Å². The number of benzene rings is 2. The summed E-state index contributed by atoms with van der Waals surface area (Å²) >= 11 is 0. The highest BCUT2D eigenvalue weighted by Crippen LogP contribution is 2.30. The van der Waals surface area contributed by atoms with Crippen LogP contribution < -0.4 is 14.2 Å². The minimum absolute atomic E-state index is 0.142. The van der Waals surface area contributed by atoms with Crippen molar-refractivity contribution in [1.82, 2.24) is 4.31 Å². The first kappa shape index (κ1) is 19.1. The summed E-state index contributed by atoms with van der Waals surface area (Å²) in [4.78, 5) is 0.142. The molecule has 2 aromatic carbocycles. The molecule has 7 heteroatoms. The average molecular weight is 365 g/mol. The number of hydrogen-bond acceptors (Lipinski definition) is 5. The highest BCUT2D eigenvalue weighted by atomic mass is 32.2. The first-order valence-corrected chi connectivity index (χ1v) is 9.20. The first-order valence-electron chi connectivity index (χ1n) is 7.76. The Hall–Kier alpha value is -2.25. The third-order valence-electron chi connectivity index (χ3n) is 3.76. The zero-order valence-electron chi connectivity index (χ0n) is 14.9. The average Bonchev–Trinajstić information content (AvgIpc) is 2.62. The molecular formula is C18H23NO5S. The third kappa shape index (κ3) is 4.64. The fourth-order valence-corrected chi connectivity index (χ4v) is 3.37. The lowest BCUT2D eigenvalue weighted by Gasteiger charge is -2.18. The molecule has 0 radical (unpaired) electrons. The van der Waals surface area contributed by atoms with Gasteiger partial charge in [-0.15, -0.1) is 0 Å². The molecule has 0 N–H and O–H groups in total. The van der Waals surface area contributed by atoms with Crippen LogP contribution in [0.25, 0.3) is 0 Å². The van der Waals surface area contributed by atoms with E-state index in [0.717, 1.165) is 5.56 Å². The molecule has 0 aromatic heterocycles. The van der Waals surface area contributed by atoms with Gasteiger partial charge in [-0.1, -0.05) is 17.7 Å². The summed E-state index contributed by atoms with van der Waals surface area (Å²) in [5, 5.41) is 0. The molecule has 0 unspecified atom stereocenters. The number of methoxy groups -OCH3 is 2. The molecule has 0 saturated heterocycles. The summed E-state index contributed by atoms with van der Waals surface area (Å²) in [5.74, 6) is 1.56. The molecule has 2 rings (SSSR count). The molecule has 0 aliphatic carbocycles. The van der Waals surface area contributed by atoms with Crippen molar-refractivity contribution in [3.8, 4) is 17.2 Å². The van der Waals surface area contributed by atoms with Crippen molar-refractivity contribution in [2.24, 2.45) is 0 Å². The minimum Gasteiger partial charge on any atom is -0.493 e. The van der Waals surface area contributed by atoms with Crippen molar-refractivity contribution >= 4 is 10.0 Å². The van der Waals surface area contributed by atoms with Crippen LogP contribution in [0.5, 0.6) is 17.2 Å². The van der Waals surface area contributed by atoms with Crippen LogP contribution in [0.2, 0.25) is 0 Å². The Labute approximate surface area is 149 Å². The molecular weight excluding hydrogens is 342 g/mol. The van der Waals surface area contributed by atoms with Gasteiger partial charge in [0.05, 0.1) is 19.1 Å². The second-order valence-electron chi connectivity index (χ2n) is 5.50. The van der Waals surface area contributed by atoms with Crippen LogP contribution in [0.1, 0.15) is 5.56 Å². The largest absolute Gasteiger partial charge is 0.493 e. The minimum atomic E-state index is -3.64. The van der Waals surface area contributed by atoms with Gasteiger partial charge in [-0.05, 0) is 31.2 Å². The second kappa shape index (κ2) is 8.22. The molecule has 0 amide bonds. The molecule has 0 saturated carbocycles. The number of sulfonamides is 1. The molecule has 0 heterocycles. The van der Waals surface area contributed by atoms with Crippen LogP contribution in [0.4, 0.5) is 0 Å². The molecule has 0 spiro atoms. The Morgan fingerprint density at radius 1 is 0.960 bits per heavy atom. The van der Waals surface area contributed by atoms with Gasteiger partial charge in [0.1, 0.15) is 12.4 Å². The quantitative estimate of drug-likeness (QED) is 0.720. The number of rotatable bonds is 8. The molecule has 136 valence electrons. The van der Waals surface area contributed by atoms with Gasteiger partial charge >= 0.3 is 0 Å². The summed E-state index contributed by atoms with van der Waals surface area (Å²) in [6.07, 6.45) is 0. The van der Waals surface area contributed by atoms with Gasteiger partial charge in [-0.3, -0.25) is 0 Å². The number of ether oxygens (including phenoxy) is 3. The van der Waals surface area contributed by atoms with Crippen LogP contribution in [-0.4, -0.2) is 47.1 Å². The summed E-state index contributed by atoms with van der Waals surface area (Å²) in [7, 11) is 0.845. The summed E-state index contributed by atoms with van der Waals surface area (Å²) in [6, 6.07) is 12.1. The normalized spacial score (nSPS) is 11.4. The van der Waals surface area contributed by atoms with Crippen LogP contribution in [0.3, 0.4) is 0 Å². The van der Waals surface area contributed by atoms with E-state index in [0.29, 0.717) is 17.2 Å². The predicted octanol–water partition coefficient (Wildman–Crippen LogP) is 2.71. The van der Waals surface area contributed by atoms with Crippen molar-refractivity contribution in [2.75, 3.05) is 34.4 Å². The van der Waals surface area contributed by atoms with E-state index < -0.39 is 10.0 Å². The smallest absolute Gasteiger partial charge is 0.243 e. The van der Waals surface area contributed by atoms with E-state index in [2.05, 4.69) is 0 Å². The standard InChI is InChI=1S/C18H23NO5S/c1-14-5-7-15(8-6-14)24-12-11-19(2)25(20,21)16-9-10-17(22-3)18(13-16)23-4/h5-10,13H,11-12H2,1-4H3. The predicted molar refractivity (Wildman–Crippen MR) is 96.0 cm³/mol. The Balaban J connectivity index is 2.04. The van der Waals surface area contributed by atoms with E-state index in [9.17, 15) is 8.42 Å². The van der Waals surface area contributed by atoms with Crippen molar-refractivity contribution < 1.29 is 22.6 Å². The Bertz CT molecular complexity index is 803. The number of likely N-dealkylation sites (N-methyl/N-ethyl adjacent to an activating group) is 1. The zero-order chi connectivity index (χ0) is 18.4. The highest BCUT2D eigenvalue weighted by Gasteiger charge is 2.22. The van der Waals surface area contributed by atoms with Gasteiger partial charge in [-0.2, -0.15) is 4.31 Å². The second-order valence-corrected chi connectivity index (χ2v) is 7.55. The van der Waals surface area contributed by atoms with Crippen LogP contribution >= 0.6 is 0 Å². The summed E-state index contributed by atoms with van der Waals surface area (Å²) < 4.78 is 42.5. The molecule has 2 aromatic rings. The monoisotopic (exact) mass is 365 g/mol. The van der Waals surface area contributed by atoms with E-state index in [1.54, 1.807) is 6.07 Å². The third-order valence-corrected chi connectivity index (χ3v) is 5.61. The molecule has 25 heavy (non-hydrogen) atoms. The van der Waals surface area contributed by atoms with Crippen molar-refractivity contribution in [3.05, 3.63) is 48.0 Å². The zero-order valence-corrected chi connectivity index (χ0v) is 15.7. The lowest BCUT2D eigenvalue weighted by atomic mass is 10.2. The van der Waals surface area contributed by atoms with E-state index in [1.807, 2.05) is 31.2 Å². The highest BCUT2D eigenvalue weighted by molar-refractivity contribution is 7.89. The molecule has 0 fully saturated rings. The summed E-state index contributed by atoms with van der Waals surface area (Å²) in [6.45, 7) is 2.48. The maximum absolute atomic E-state index is 12.7.